The molecule has 0 bridgehead atoms. The van der Waals surface area contributed by atoms with E-state index in [1.165, 1.54) is 0 Å². The molecule has 0 radical (unpaired) electrons. The molecule has 1 fully saturated rings. The Kier molecular flexibility index (Phi) is 4.36. The first kappa shape index (κ1) is 11.8. The molecule has 0 spiro atoms. The molecule has 0 aliphatic carbocycles. The van der Waals surface area contributed by atoms with Crippen LogP contribution in [0.15, 0.2) is 0 Å². The summed E-state index contributed by atoms with van der Waals surface area (Å²) in [5, 5.41) is 11.4. The van der Waals surface area contributed by atoms with Crippen molar-refractivity contribution in [1.82, 2.24) is 10.2 Å². The number of hydrogen-bond donors (Lipinski definition) is 3. The Morgan fingerprint density at radius 3 is 2.47 bits per heavy atom. The van der Waals surface area contributed by atoms with Crippen molar-refractivity contribution in [3.8, 4) is 0 Å². The van der Waals surface area contributed by atoms with E-state index >= 15 is 0 Å². The van der Waals surface area contributed by atoms with Crippen LogP contribution in [0.2, 0.25) is 0 Å². The number of likely N-dealkylation sites (tertiary alicyclic amines) is 1. The molecule has 2 amide bonds. The Labute approximate surface area is 88.4 Å². The molecule has 0 aromatic rings. The second kappa shape index (κ2) is 5.55. The Morgan fingerprint density at radius 1 is 1.40 bits per heavy atom. The van der Waals surface area contributed by atoms with E-state index in [0.29, 0.717) is 39.0 Å². The Hall–Kier alpha value is -1.30. The molecule has 15 heavy (non-hydrogen) atoms. The van der Waals surface area contributed by atoms with Crippen LogP contribution < -0.4 is 11.1 Å². The van der Waals surface area contributed by atoms with Crippen molar-refractivity contribution < 1.29 is 14.7 Å². The summed E-state index contributed by atoms with van der Waals surface area (Å²) in [6.45, 7) is 1.88. The van der Waals surface area contributed by atoms with Gasteiger partial charge in [-0.1, -0.05) is 0 Å². The van der Waals surface area contributed by atoms with Gasteiger partial charge in [-0.05, 0) is 12.8 Å². The summed E-state index contributed by atoms with van der Waals surface area (Å²) >= 11 is 0. The van der Waals surface area contributed by atoms with E-state index in [0.717, 1.165) is 0 Å². The number of carboxylic acid groups (broad SMARTS) is 1. The molecule has 1 rings (SSSR count). The van der Waals surface area contributed by atoms with Crippen molar-refractivity contribution in [1.29, 1.82) is 0 Å². The number of nitrogens with two attached hydrogens (primary N) is 1. The van der Waals surface area contributed by atoms with Crippen LogP contribution in [0.25, 0.3) is 0 Å². The van der Waals surface area contributed by atoms with E-state index in [4.69, 9.17) is 10.8 Å². The number of nitrogens with one attached hydrogen (secondary N) is 1. The number of hydrogen-bond acceptors (Lipinski definition) is 3. The summed E-state index contributed by atoms with van der Waals surface area (Å²) in [6, 6.07) is -0.149. The van der Waals surface area contributed by atoms with E-state index in [9.17, 15) is 9.59 Å². The lowest BCUT2D eigenvalue weighted by molar-refractivity contribution is -0.143. The van der Waals surface area contributed by atoms with Crippen molar-refractivity contribution in [2.24, 2.45) is 11.7 Å². The number of amides is 2. The molecular weight excluding hydrogens is 198 g/mol. The molecule has 1 saturated heterocycles. The molecule has 6 nitrogen and oxygen atoms in total. The second-order valence-electron chi connectivity index (χ2n) is 3.62. The monoisotopic (exact) mass is 215 g/mol. The lowest BCUT2D eigenvalue weighted by Crippen LogP contribution is -2.46. The maximum absolute atomic E-state index is 11.4. The molecule has 0 aromatic heterocycles. The normalized spacial score (nSPS) is 17.5. The van der Waals surface area contributed by atoms with Crippen molar-refractivity contribution >= 4 is 12.0 Å². The van der Waals surface area contributed by atoms with Gasteiger partial charge in [0.1, 0.15) is 0 Å². The number of rotatable bonds is 3. The van der Waals surface area contributed by atoms with Crippen molar-refractivity contribution in [3.63, 3.8) is 0 Å². The van der Waals surface area contributed by atoms with Crippen molar-refractivity contribution in [2.75, 3.05) is 26.2 Å². The molecule has 4 N–H and O–H groups in total. The minimum absolute atomic E-state index is 0.149. The van der Waals surface area contributed by atoms with Gasteiger partial charge in [-0.25, -0.2) is 4.79 Å². The predicted molar refractivity (Wildman–Crippen MR) is 54.4 cm³/mol. The lowest BCUT2D eigenvalue weighted by Gasteiger charge is -2.30. The predicted octanol–water partition coefficient (Wildman–Crippen LogP) is -0.549. The van der Waals surface area contributed by atoms with Crippen LogP contribution in [0.4, 0.5) is 4.79 Å². The van der Waals surface area contributed by atoms with Gasteiger partial charge in [0, 0.05) is 26.2 Å². The highest BCUT2D eigenvalue weighted by atomic mass is 16.4. The topological polar surface area (TPSA) is 95.7 Å². The first-order chi connectivity index (χ1) is 7.15. The fourth-order valence-corrected chi connectivity index (χ4v) is 1.62. The van der Waals surface area contributed by atoms with Crippen LogP contribution >= 0.6 is 0 Å². The minimum atomic E-state index is -0.767. The van der Waals surface area contributed by atoms with Gasteiger partial charge in [0.2, 0.25) is 0 Å². The number of carbonyl (C=O) groups excluding carboxylic acids is 1. The summed E-state index contributed by atoms with van der Waals surface area (Å²) < 4.78 is 0. The molecule has 1 heterocycles. The average Bonchev–Trinajstić information content (AvgIpc) is 2.26. The number of urea groups is 1. The summed E-state index contributed by atoms with van der Waals surface area (Å²) in [6.07, 6.45) is 1.07. The zero-order chi connectivity index (χ0) is 11.3. The molecule has 1 aliphatic heterocycles. The zero-order valence-corrected chi connectivity index (χ0v) is 8.61. The SMILES string of the molecule is NCCNC(=O)N1CCC(C(=O)O)CC1. The average molecular weight is 215 g/mol. The summed E-state index contributed by atoms with van der Waals surface area (Å²) in [5.74, 6) is -1.07. The van der Waals surface area contributed by atoms with Gasteiger partial charge in [0.15, 0.2) is 0 Å². The molecule has 0 unspecified atom stereocenters. The van der Waals surface area contributed by atoms with Gasteiger partial charge in [-0.2, -0.15) is 0 Å². The quantitative estimate of drug-likeness (QED) is 0.588. The number of carbonyl (C=O) groups is 2. The number of piperidine rings is 1. The standard InChI is InChI=1S/C9H17N3O3/c10-3-4-11-9(15)12-5-1-7(2-6-12)8(13)14/h7H,1-6,10H2,(H,11,15)(H,13,14). The van der Waals surface area contributed by atoms with Crippen LogP contribution in [-0.4, -0.2) is 48.2 Å². The van der Waals surface area contributed by atoms with E-state index in [1.807, 2.05) is 0 Å². The van der Waals surface area contributed by atoms with Gasteiger partial charge in [0.05, 0.1) is 5.92 Å². The van der Waals surface area contributed by atoms with E-state index in [2.05, 4.69) is 5.32 Å². The maximum Gasteiger partial charge on any atom is 0.317 e. The van der Waals surface area contributed by atoms with E-state index < -0.39 is 5.97 Å². The van der Waals surface area contributed by atoms with Crippen LogP contribution in [0.5, 0.6) is 0 Å². The molecular formula is C9H17N3O3. The third kappa shape index (κ3) is 3.39. The maximum atomic E-state index is 11.4. The highest BCUT2D eigenvalue weighted by molar-refractivity contribution is 5.75. The Balaban J connectivity index is 2.30. The van der Waals surface area contributed by atoms with Gasteiger partial charge < -0.3 is 21.1 Å². The third-order valence-corrected chi connectivity index (χ3v) is 2.55. The van der Waals surface area contributed by atoms with Gasteiger partial charge in [-0.15, -0.1) is 0 Å². The van der Waals surface area contributed by atoms with Crippen molar-refractivity contribution in [3.05, 3.63) is 0 Å². The lowest BCUT2D eigenvalue weighted by atomic mass is 9.97. The molecule has 86 valence electrons. The molecule has 0 aromatic carbocycles. The number of carboxylic acids is 1. The van der Waals surface area contributed by atoms with E-state index in [1.54, 1.807) is 4.90 Å². The van der Waals surface area contributed by atoms with Gasteiger partial charge >= 0.3 is 12.0 Å². The Bertz CT molecular complexity index is 237. The fourth-order valence-electron chi connectivity index (χ4n) is 1.62. The van der Waals surface area contributed by atoms with E-state index in [-0.39, 0.29) is 11.9 Å². The van der Waals surface area contributed by atoms with Gasteiger partial charge in [-0.3, -0.25) is 4.79 Å². The largest absolute Gasteiger partial charge is 0.481 e. The number of aliphatic carboxylic acids is 1. The molecule has 0 atom stereocenters. The second-order valence-corrected chi connectivity index (χ2v) is 3.62. The molecule has 1 aliphatic rings. The zero-order valence-electron chi connectivity index (χ0n) is 8.61. The highest BCUT2D eigenvalue weighted by Gasteiger charge is 2.26. The number of nitrogens with zero attached hydrogens (tertiary/aromatic N) is 1. The van der Waals surface area contributed by atoms with Crippen LogP contribution in [-0.2, 0) is 4.79 Å². The third-order valence-electron chi connectivity index (χ3n) is 2.55. The highest BCUT2D eigenvalue weighted by Crippen LogP contribution is 2.16. The summed E-state index contributed by atoms with van der Waals surface area (Å²) in [7, 11) is 0. The first-order valence-corrected chi connectivity index (χ1v) is 5.10. The van der Waals surface area contributed by atoms with Crippen LogP contribution in [0.1, 0.15) is 12.8 Å². The summed E-state index contributed by atoms with van der Waals surface area (Å²) in [5.41, 5.74) is 5.26. The van der Waals surface area contributed by atoms with Crippen molar-refractivity contribution in [2.45, 2.75) is 12.8 Å². The molecule has 6 heteroatoms. The van der Waals surface area contributed by atoms with Crippen LogP contribution in [0.3, 0.4) is 0 Å². The van der Waals surface area contributed by atoms with Crippen LogP contribution in [0, 0.1) is 5.92 Å². The molecule has 0 saturated carbocycles. The first-order valence-electron chi connectivity index (χ1n) is 5.10. The fraction of sp³-hybridized carbons (Fsp3) is 0.778. The van der Waals surface area contributed by atoms with Gasteiger partial charge in [0.25, 0.3) is 0 Å². The minimum Gasteiger partial charge on any atom is -0.481 e. The summed E-state index contributed by atoms with van der Waals surface area (Å²) in [4.78, 5) is 23.7. The Morgan fingerprint density at radius 2 is 2.00 bits per heavy atom. The smallest absolute Gasteiger partial charge is 0.317 e.